The molecule has 0 radical (unpaired) electrons. The van der Waals surface area contributed by atoms with E-state index in [1.54, 1.807) is 0 Å². The average molecular weight is 378 g/mol. The minimum atomic E-state index is -0.705. The number of hydrogen-bond donors (Lipinski definition) is 2. The Morgan fingerprint density at radius 2 is 1.53 bits per heavy atom. The minimum absolute atomic E-state index is 0.202. The van der Waals surface area contributed by atoms with E-state index >= 15 is 0 Å². The minimum Gasteiger partial charge on any atom is -0.271 e. The molecule has 0 saturated carbocycles. The molecule has 2 aromatic carbocycles. The summed E-state index contributed by atoms with van der Waals surface area (Å²) in [5.41, 5.74) is 3.29. The summed E-state index contributed by atoms with van der Waals surface area (Å²) in [6, 6.07) is 6.69. The number of rotatable bonds is 3. The van der Waals surface area contributed by atoms with Gasteiger partial charge >= 0.3 is 0 Å². The Balaban J connectivity index is 2.50. The fraction of sp³-hybridized carbons (Fsp3) is 0.0769. The highest BCUT2D eigenvalue weighted by Gasteiger charge is 2.19. The molecule has 6 heteroatoms. The van der Waals surface area contributed by atoms with Gasteiger partial charge in [-0.25, -0.2) is 18.6 Å². The second kappa shape index (κ2) is 5.89. The van der Waals surface area contributed by atoms with Gasteiger partial charge in [0.1, 0.15) is 17.5 Å². The van der Waals surface area contributed by atoms with Crippen molar-refractivity contribution in [1.29, 1.82) is 0 Å². The van der Waals surface area contributed by atoms with E-state index in [1.807, 2.05) is 22.6 Å². The van der Waals surface area contributed by atoms with E-state index in [2.05, 4.69) is 5.43 Å². The second-order valence-electron chi connectivity index (χ2n) is 3.93. The molecule has 0 aliphatic carbocycles. The van der Waals surface area contributed by atoms with Gasteiger partial charge in [-0.05, 0) is 46.4 Å². The Morgan fingerprint density at radius 1 is 0.947 bits per heavy atom. The SMILES string of the molecule is NNC(c1ccc(F)cc1F)c1ccc(F)cc1I. The molecule has 19 heavy (non-hydrogen) atoms. The maximum atomic E-state index is 13.8. The van der Waals surface area contributed by atoms with Crippen LogP contribution in [0.5, 0.6) is 0 Å². The first-order valence-corrected chi connectivity index (χ1v) is 6.47. The Morgan fingerprint density at radius 3 is 2.05 bits per heavy atom. The third kappa shape index (κ3) is 3.07. The van der Waals surface area contributed by atoms with Crippen LogP contribution < -0.4 is 11.3 Å². The third-order valence-corrected chi connectivity index (χ3v) is 3.65. The van der Waals surface area contributed by atoms with Crippen molar-refractivity contribution in [2.75, 3.05) is 0 Å². The van der Waals surface area contributed by atoms with Crippen LogP contribution in [-0.2, 0) is 0 Å². The summed E-state index contributed by atoms with van der Waals surface area (Å²) >= 11 is 1.94. The lowest BCUT2D eigenvalue weighted by molar-refractivity contribution is 0.540. The Kier molecular flexibility index (Phi) is 4.43. The van der Waals surface area contributed by atoms with E-state index in [0.717, 1.165) is 12.1 Å². The zero-order valence-corrected chi connectivity index (χ0v) is 11.8. The summed E-state index contributed by atoms with van der Waals surface area (Å²) in [5.74, 6) is 3.69. The maximum Gasteiger partial charge on any atom is 0.131 e. The van der Waals surface area contributed by atoms with Gasteiger partial charge in [-0.15, -0.1) is 0 Å². The molecule has 3 N–H and O–H groups in total. The topological polar surface area (TPSA) is 38.0 Å². The van der Waals surface area contributed by atoms with Crippen molar-refractivity contribution >= 4 is 22.6 Å². The van der Waals surface area contributed by atoms with Crippen molar-refractivity contribution < 1.29 is 13.2 Å². The van der Waals surface area contributed by atoms with Crippen LogP contribution in [0.2, 0.25) is 0 Å². The molecule has 1 unspecified atom stereocenters. The molecule has 0 saturated heterocycles. The van der Waals surface area contributed by atoms with Gasteiger partial charge in [-0.2, -0.15) is 0 Å². The lowest BCUT2D eigenvalue weighted by Gasteiger charge is -2.19. The van der Waals surface area contributed by atoms with Crippen LogP contribution >= 0.6 is 22.6 Å². The molecule has 0 amide bonds. The molecule has 2 rings (SSSR count). The number of halogens is 4. The van der Waals surface area contributed by atoms with Gasteiger partial charge in [-0.1, -0.05) is 12.1 Å². The molecule has 0 fully saturated rings. The molecule has 2 aromatic rings. The standard InChI is InChI=1S/C13H10F3IN2/c14-7-1-3-9(11(16)5-7)13(19-18)10-4-2-8(15)6-12(10)17/h1-6,13,19H,18H2. The molecule has 0 aliphatic rings. The summed E-state index contributed by atoms with van der Waals surface area (Å²) in [7, 11) is 0. The van der Waals surface area contributed by atoms with Gasteiger partial charge in [0.2, 0.25) is 0 Å². The second-order valence-corrected chi connectivity index (χ2v) is 5.09. The normalized spacial score (nSPS) is 12.5. The highest BCUT2D eigenvalue weighted by atomic mass is 127. The van der Waals surface area contributed by atoms with Gasteiger partial charge in [0.15, 0.2) is 0 Å². The fourth-order valence-corrected chi connectivity index (χ4v) is 2.61. The molecule has 0 bridgehead atoms. The number of hydrogen-bond acceptors (Lipinski definition) is 2. The predicted octanol–water partition coefficient (Wildman–Crippen LogP) is 3.26. The Bertz CT molecular complexity index is 553. The van der Waals surface area contributed by atoms with Crippen LogP contribution in [0.4, 0.5) is 13.2 Å². The Labute approximate surface area is 121 Å². The third-order valence-electron chi connectivity index (χ3n) is 2.71. The van der Waals surface area contributed by atoms with E-state index < -0.39 is 17.7 Å². The van der Waals surface area contributed by atoms with Gasteiger partial charge in [0.25, 0.3) is 0 Å². The monoisotopic (exact) mass is 378 g/mol. The number of hydrazine groups is 1. The van der Waals surface area contributed by atoms with E-state index in [0.29, 0.717) is 9.13 Å². The molecular formula is C13H10F3IN2. The highest BCUT2D eigenvalue weighted by molar-refractivity contribution is 14.1. The lowest BCUT2D eigenvalue weighted by atomic mass is 9.99. The summed E-state index contributed by atoms with van der Waals surface area (Å²) in [6.45, 7) is 0. The van der Waals surface area contributed by atoms with Crippen molar-refractivity contribution in [2.45, 2.75) is 6.04 Å². The Hall–Kier alpha value is -1.12. The van der Waals surface area contributed by atoms with Crippen LogP contribution in [-0.4, -0.2) is 0 Å². The van der Waals surface area contributed by atoms with Crippen molar-refractivity contribution in [1.82, 2.24) is 5.43 Å². The molecule has 0 aliphatic heterocycles. The zero-order chi connectivity index (χ0) is 14.0. The smallest absolute Gasteiger partial charge is 0.131 e. The molecule has 0 heterocycles. The highest BCUT2D eigenvalue weighted by Crippen LogP contribution is 2.28. The van der Waals surface area contributed by atoms with Crippen LogP contribution in [0.25, 0.3) is 0 Å². The molecule has 2 nitrogen and oxygen atoms in total. The van der Waals surface area contributed by atoms with Gasteiger partial charge in [-0.3, -0.25) is 5.84 Å². The van der Waals surface area contributed by atoms with E-state index in [1.165, 1.54) is 24.3 Å². The van der Waals surface area contributed by atoms with E-state index in [-0.39, 0.29) is 11.4 Å². The lowest BCUT2D eigenvalue weighted by Crippen LogP contribution is -2.30. The van der Waals surface area contributed by atoms with Crippen LogP contribution in [0.1, 0.15) is 17.2 Å². The number of nitrogens with two attached hydrogens (primary N) is 1. The quantitative estimate of drug-likeness (QED) is 0.489. The number of benzene rings is 2. The van der Waals surface area contributed by atoms with E-state index in [9.17, 15) is 13.2 Å². The first-order valence-electron chi connectivity index (χ1n) is 5.39. The largest absolute Gasteiger partial charge is 0.271 e. The number of nitrogens with one attached hydrogen (secondary N) is 1. The molecule has 1 atom stereocenters. The van der Waals surface area contributed by atoms with Crippen molar-refractivity contribution in [3.63, 3.8) is 0 Å². The summed E-state index contributed by atoms with van der Waals surface area (Å²) < 4.78 is 40.3. The molecule has 0 spiro atoms. The fourth-order valence-electron chi connectivity index (χ4n) is 1.82. The summed E-state index contributed by atoms with van der Waals surface area (Å²) in [6.07, 6.45) is 0. The predicted molar refractivity (Wildman–Crippen MR) is 74.6 cm³/mol. The first kappa shape index (κ1) is 14.3. The van der Waals surface area contributed by atoms with Gasteiger partial charge in [0, 0.05) is 15.2 Å². The van der Waals surface area contributed by atoms with E-state index in [4.69, 9.17) is 5.84 Å². The summed E-state index contributed by atoms with van der Waals surface area (Å²) in [5, 5.41) is 0. The van der Waals surface area contributed by atoms with Crippen molar-refractivity contribution in [3.05, 3.63) is 68.5 Å². The average Bonchev–Trinajstić information content (AvgIpc) is 2.34. The molecule has 100 valence electrons. The van der Waals surface area contributed by atoms with Gasteiger partial charge < -0.3 is 0 Å². The first-order chi connectivity index (χ1) is 9.02. The van der Waals surface area contributed by atoms with Crippen LogP contribution in [0.3, 0.4) is 0 Å². The van der Waals surface area contributed by atoms with Gasteiger partial charge in [0.05, 0.1) is 6.04 Å². The van der Waals surface area contributed by atoms with Crippen molar-refractivity contribution in [3.8, 4) is 0 Å². The molecular weight excluding hydrogens is 368 g/mol. The zero-order valence-electron chi connectivity index (χ0n) is 9.63. The summed E-state index contributed by atoms with van der Waals surface area (Å²) in [4.78, 5) is 0. The maximum absolute atomic E-state index is 13.8. The molecule has 0 aromatic heterocycles. The van der Waals surface area contributed by atoms with Crippen LogP contribution in [0, 0.1) is 21.0 Å². The van der Waals surface area contributed by atoms with Crippen LogP contribution in [0.15, 0.2) is 36.4 Å². The van der Waals surface area contributed by atoms with Crippen molar-refractivity contribution in [2.24, 2.45) is 5.84 Å².